The third-order valence-corrected chi connectivity index (χ3v) is 4.61. The van der Waals surface area contributed by atoms with Gasteiger partial charge < -0.3 is 15.0 Å². The molecule has 0 aliphatic carbocycles. The van der Waals surface area contributed by atoms with Gasteiger partial charge in [0.2, 0.25) is 0 Å². The molecular weight excluding hydrogens is 392 g/mol. The summed E-state index contributed by atoms with van der Waals surface area (Å²) in [4.78, 5) is 14.4. The zero-order chi connectivity index (χ0) is 16.1. The lowest BCUT2D eigenvalue weighted by Crippen LogP contribution is -2.46. The highest BCUT2D eigenvalue weighted by Crippen LogP contribution is 2.20. The molecule has 4 nitrogen and oxygen atoms in total. The predicted molar refractivity (Wildman–Crippen MR) is 101 cm³/mol. The van der Waals surface area contributed by atoms with Gasteiger partial charge >= 0.3 is 0 Å². The number of nitrogens with zero attached hydrogens (tertiary/aromatic N) is 1. The van der Waals surface area contributed by atoms with E-state index in [2.05, 4.69) is 21.2 Å². The highest BCUT2D eigenvalue weighted by molar-refractivity contribution is 9.10. The van der Waals surface area contributed by atoms with Crippen molar-refractivity contribution in [1.82, 2.24) is 10.2 Å². The predicted octanol–water partition coefficient (Wildman–Crippen LogP) is 3.50. The van der Waals surface area contributed by atoms with Crippen LogP contribution in [0.1, 0.15) is 15.9 Å². The van der Waals surface area contributed by atoms with Crippen molar-refractivity contribution in [2.75, 3.05) is 26.2 Å². The van der Waals surface area contributed by atoms with Crippen molar-refractivity contribution in [2.24, 2.45) is 0 Å². The van der Waals surface area contributed by atoms with Gasteiger partial charge in [0.05, 0.1) is 0 Å². The van der Waals surface area contributed by atoms with Crippen LogP contribution in [0.15, 0.2) is 53.0 Å². The molecule has 0 radical (unpaired) electrons. The second-order valence-corrected chi connectivity index (χ2v) is 6.30. The first kappa shape index (κ1) is 18.8. The van der Waals surface area contributed by atoms with Crippen LogP contribution in [-0.2, 0) is 6.61 Å². The summed E-state index contributed by atoms with van der Waals surface area (Å²) >= 11 is 3.51. The minimum atomic E-state index is 0. The van der Waals surface area contributed by atoms with Gasteiger partial charge in [0.25, 0.3) is 5.91 Å². The molecule has 24 heavy (non-hydrogen) atoms. The summed E-state index contributed by atoms with van der Waals surface area (Å²) in [5.41, 5.74) is 1.75. The van der Waals surface area contributed by atoms with Gasteiger partial charge in [-0.1, -0.05) is 40.2 Å². The minimum Gasteiger partial charge on any atom is -0.489 e. The number of hydrogen-bond acceptors (Lipinski definition) is 3. The maximum Gasteiger partial charge on any atom is 0.254 e. The van der Waals surface area contributed by atoms with E-state index in [1.807, 2.05) is 53.4 Å². The largest absolute Gasteiger partial charge is 0.489 e. The molecule has 1 heterocycles. The Morgan fingerprint density at radius 1 is 1.12 bits per heavy atom. The van der Waals surface area contributed by atoms with Gasteiger partial charge in [-0.25, -0.2) is 0 Å². The van der Waals surface area contributed by atoms with E-state index in [9.17, 15) is 4.79 Å². The molecule has 1 amide bonds. The third-order valence-electron chi connectivity index (χ3n) is 3.84. The van der Waals surface area contributed by atoms with Crippen molar-refractivity contribution in [2.45, 2.75) is 6.61 Å². The Morgan fingerprint density at radius 2 is 1.88 bits per heavy atom. The van der Waals surface area contributed by atoms with Gasteiger partial charge in [-0.05, 0) is 24.3 Å². The van der Waals surface area contributed by atoms with Crippen LogP contribution in [0, 0.1) is 0 Å². The molecule has 0 bridgehead atoms. The van der Waals surface area contributed by atoms with Crippen LogP contribution in [0.3, 0.4) is 0 Å². The Balaban J connectivity index is 0.00000208. The molecular formula is C18H20BrClN2O2. The molecule has 1 saturated heterocycles. The smallest absolute Gasteiger partial charge is 0.254 e. The van der Waals surface area contributed by atoms with Crippen LogP contribution in [0.2, 0.25) is 0 Å². The van der Waals surface area contributed by atoms with Crippen molar-refractivity contribution in [3.8, 4) is 5.75 Å². The van der Waals surface area contributed by atoms with Gasteiger partial charge in [0.1, 0.15) is 12.4 Å². The molecule has 1 aliphatic heterocycles. The molecule has 2 aromatic carbocycles. The van der Waals surface area contributed by atoms with E-state index in [4.69, 9.17) is 4.74 Å². The van der Waals surface area contributed by atoms with Crippen LogP contribution in [-0.4, -0.2) is 37.0 Å². The topological polar surface area (TPSA) is 41.6 Å². The molecule has 0 atom stereocenters. The summed E-state index contributed by atoms with van der Waals surface area (Å²) in [6.07, 6.45) is 0. The first-order valence-electron chi connectivity index (χ1n) is 7.70. The molecule has 0 aromatic heterocycles. The number of halogens is 2. The molecule has 0 saturated carbocycles. The Morgan fingerprint density at radius 3 is 2.62 bits per heavy atom. The first-order valence-corrected chi connectivity index (χ1v) is 8.49. The second-order valence-electron chi connectivity index (χ2n) is 5.45. The molecule has 128 valence electrons. The number of benzene rings is 2. The first-order chi connectivity index (χ1) is 11.2. The summed E-state index contributed by atoms with van der Waals surface area (Å²) in [6, 6.07) is 15.4. The zero-order valence-electron chi connectivity index (χ0n) is 13.2. The number of hydrogen-bond donors (Lipinski definition) is 1. The standard InChI is InChI=1S/C18H19BrN2O2.ClH/c19-17-7-2-1-4-15(17)13-23-16-6-3-5-14(12-16)18(22)21-10-8-20-9-11-21;/h1-7,12,20H,8-11,13H2;1H. The average Bonchev–Trinajstić information content (AvgIpc) is 2.61. The molecule has 1 fully saturated rings. The average molecular weight is 412 g/mol. The summed E-state index contributed by atoms with van der Waals surface area (Å²) in [5.74, 6) is 0.777. The van der Waals surface area contributed by atoms with Crippen molar-refractivity contribution < 1.29 is 9.53 Å². The number of piperazine rings is 1. The lowest BCUT2D eigenvalue weighted by Gasteiger charge is -2.27. The molecule has 6 heteroatoms. The quantitative estimate of drug-likeness (QED) is 0.837. The molecule has 0 spiro atoms. The highest BCUT2D eigenvalue weighted by Gasteiger charge is 2.18. The summed E-state index contributed by atoms with van der Waals surface area (Å²) in [7, 11) is 0. The number of nitrogens with one attached hydrogen (secondary N) is 1. The molecule has 1 aliphatic rings. The molecule has 3 rings (SSSR count). The van der Waals surface area contributed by atoms with E-state index in [1.54, 1.807) is 0 Å². The zero-order valence-corrected chi connectivity index (χ0v) is 15.6. The Hall–Kier alpha value is -1.56. The number of carbonyl (C=O) groups is 1. The number of amides is 1. The Kier molecular flexibility index (Phi) is 7.09. The van der Waals surface area contributed by atoms with Crippen LogP contribution in [0.4, 0.5) is 0 Å². The van der Waals surface area contributed by atoms with Gasteiger partial charge in [-0.15, -0.1) is 12.4 Å². The van der Waals surface area contributed by atoms with Crippen LogP contribution in [0.25, 0.3) is 0 Å². The number of ether oxygens (including phenoxy) is 1. The van der Waals surface area contributed by atoms with Gasteiger partial charge in [0, 0.05) is 41.8 Å². The number of rotatable bonds is 4. The monoisotopic (exact) mass is 410 g/mol. The second kappa shape index (κ2) is 9.06. The van der Waals surface area contributed by atoms with E-state index >= 15 is 0 Å². The molecule has 1 N–H and O–H groups in total. The minimum absolute atomic E-state index is 0. The fraction of sp³-hybridized carbons (Fsp3) is 0.278. The van der Waals surface area contributed by atoms with Gasteiger partial charge in [-0.3, -0.25) is 4.79 Å². The van der Waals surface area contributed by atoms with E-state index < -0.39 is 0 Å². The molecule has 0 unspecified atom stereocenters. The lowest BCUT2D eigenvalue weighted by molar-refractivity contribution is 0.0735. The summed E-state index contributed by atoms with van der Waals surface area (Å²) < 4.78 is 6.86. The van der Waals surface area contributed by atoms with Crippen LogP contribution >= 0.6 is 28.3 Å². The van der Waals surface area contributed by atoms with Crippen molar-refractivity contribution >= 4 is 34.2 Å². The van der Waals surface area contributed by atoms with E-state index in [-0.39, 0.29) is 18.3 Å². The van der Waals surface area contributed by atoms with Crippen molar-refractivity contribution in [3.63, 3.8) is 0 Å². The Bertz CT molecular complexity index is 690. The van der Waals surface area contributed by atoms with E-state index in [0.29, 0.717) is 17.9 Å². The van der Waals surface area contributed by atoms with E-state index in [0.717, 1.165) is 36.2 Å². The van der Waals surface area contributed by atoms with Gasteiger partial charge in [-0.2, -0.15) is 0 Å². The number of carbonyl (C=O) groups excluding carboxylic acids is 1. The maximum atomic E-state index is 12.5. The molecule has 2 aromatic rings. The normalized spacial score (nSPS) is 14.0. The van der Waals surface area contributed by atoms with Gasteiger partial charge in [0.15, 0.2) is 0 Å². The van der Waals surface area contributed by atoms with Crippen molar-refractivity contribution in [3.05, 3.63) is 64.1 Å². The summed E-state index contributed by atoms with van der Waals surface area (Å²) in [5, 5.41) is 3.25. The maximum absolute atomic E-state index is 12.5. The van der Waals surface area contributed by atoms with Crippen LogP contribution in [0.5, 0.6) is 5.75 Å². The van der Waals surface area contributed by atoms with E-state index in [1.165, 1.54) is 0 Å². The van der Waals surface area contributed by atoms with Crippen LogP contribution < -0.4 is 10.1 Å². The Labute approximate surface area is 156 Å². The van der Waals surface area contributed by atoms with Crippen molar-refractivity contribution in [1.29, 1.82) is 0 Å². The fourth-order valence-corrected chi connectivity index (χ4v) is 2.95. The fourth-order valence-electron chi connectivity index (χ4n) is 2.55. The third kappa shape index (κ3) is 4.72. The summed E-state index contributed by atoms with van der Waals surface area (Å²) in [6.45, 7) is 3.67. The SMILES string of the molecule is Cl.O=C(c1cccc(OCc2ccccc2Br)c1)N1CCNCC1. The highest BCUT2D eigenvalue weighted by atomic mass is 79.9. The lowest BCUT2D eigenvalue weighted by atomic mass is 10.1.